The normalized spacial score (nSPS) is 10.3. The number of imide groups is 1. The first-order valence-corrected chi connectivity index (χ1v) is 7.61. The van der Waals surface area contributed by atoms with Gasteiger partial charge in [0.05, 0.1) is 11.3 Å². The molecule has 0 aliphatic rings. The van der Waals surface area contributed by atoms with Gasteiger partial charge in [-0.1, -0.05) is 6.07 Å². The Balaban J connectivity index is 1.94. The Morgan fingerprint density at radius 3 is 2.62 bits per heavy atom. The number of halogens is 1. The molecule has 0 aliphatic carbocycles. The van der Waals surface area contributed by atoms with E-state index in [1.54, 1.807) is 12.1 Å². The average molecular weight is 396 g/mol. The van der Waals surface area contributed by atoms with Crippen LogP contribution >= 0.6 is 15.9 Å². The topological polar surface area (TPSA) is 119 Å². The molecule has 1 aromatic heterocycles. The average Bonchev–Trinajstić information content (AvgIpc) is 2.83. The first kappa shape index (κ1) is 17.6. The summed E-state index contributed by atoms with van der Waals surface area (Å²) in [7, 11) is 0. The van der Waals surface area contributed by atoms with Crippen molar-refractivity contribution in [3.05, 3.63) is 50.1 Å². The monoisotopic (exact) mass is 395 g/mol. The van der Waals surface area contributed by atoms with Crippen molar-refractivity contribution in [3.8, 4) is 0 Å². The number of carbonyl (C=O) groups excluding carboxylic acids is 2. The Hall–Kier alpha value is -2.75. The molecule has 0 spiro atoms. The zero-order chi connectivity index (χ0) is 17.9. The number of anilines is 1. The molecule has 1 aromatic carbocycles. The van der Waals surface area contributed by atoms with Crippen LogP contribution in [-0.4, -0.2) is 26.6 Å². The highest BCUT2D eigenvalue weighted by Gasteiger charge is 2.20. The van der Waals surface area contributed by atoms with Crippen LogP contribution in [0.5, 0.6) is 0 Å². The Morgan fingerprint density at radius 1 is 1.33 bits per heavy atom. The van der Waals surface area contributed by atoms with Gasteiger partial charge in [0.15, 0.2) is 0 Å². The number of aryl methyl sites for hydroxylation is 2. The van der Waals surface area contributed by atoms with E-state index in [1.807, 2.05) is 19.9 Å². The van der Waals surface area contributed by atoms with Crippen LogP contribution in [0, 0.1) is 24.0 Å². The van der Waals surface area contributed by atoms with Gasteiger partial charge in [-0.2, -0.15) is 4.68 Å². The molecule has 3 amide bonds. The predicted molar refractivity (Wildman–Crippen MR) is 89.7 cm³/mol. The molecule has 0 atom stereocenters. The van der Waals surface area contributed by atoms with Crippen LogP contribution in [0.15, 0.2) is 28.9 Å². The summed E-state index contributed by atoms with van der Waals surface area (Å²) < 4.78 is 1.22. The van der Waals surface area contributed by atoms with E-state index < -0.39 is 22.7 Å². The fourth-order valence-corrected chi connectivity index (χ4v) is 2.35. The molecule has 2 rings (SSSR count). The fourth-order valence-electron chi connectivity index (χ4n) is 1.89. The minimum atomic E-state index is -0.691. The molecule has 2 N–H and O–H groups in total. The van der Waals surface area contributed by atoms with E-state index in [0.29, 0.717) is 5.69 Å². The molecule has 24 heavy (non-hydrogen) atoms. The molecular weight excluding hydrogens is 382 g/mol. The second kappa shape index (κ2) is 7.21. The van der Waals surface area contributed by atoms with E-state index in [2.05, 4.69) is 31.7 Å². The van der Waals surface area contributed by atoms with Gasteiger partial charge in [-0.3, -0.25) is 10.1 Å². The fraction of sp³-hybridized carbons (Fsp3) is 0.214. The van der Waals surface area contributed by atoms with E-state index in [9.17, 15) is 19.7 Å². The Labute approximate surface area is 145 Å². The second-order valence-corrected chi connectivity index (χ2v) is 5.91. The number of nitro groups is 1. The molecule has 0 saturated carbocycles. The Bertz CT molecular complexity index is 817. The number of urea groups is 1. The summed E-state index contributed by atoms with van der Waals surface area (Å²) in [6.07, 6.45) is 1.29. The number of hydrogen-bond donors (Lipinski definition) is 2. The maximum atomic E-state index is 11.8. The molecule has 1 heterocycles. The predicted octanol–water partition coefficient (Wildman–Crippen LogP) is 2.52. The van der Waals surface area contributed by atoms with Gasteiger partial charge in [0, 0.05) is 5.69 Å². The van der Waals surface area contributed by atoms with Gasteiger partial charge in [0.2, 0.25) is 0 Å². The molecule has 0 saturated heterocycles. The molecule has 2 aromatic rings. The van der Waals surface area contributed by atoms with Crippen molar-refractivity contribution in [3.63, 3.8) is 0 Å². The van der Waals surface area contributed by atoms with E-state index in [0.717, 1.165) is 15.8 Å². The summed E-state index contributed by atoms with van der Waals surface area (Å²) in [5.74, 6) is -1.05. The number of amides is 3. The van der Waals surface area contributed by atoms with Gasteiger partial charge >= 0.3 is 11.8 Å². The quantitative estimate of drug-likeness (QED) is 0.608. The Morgan fingerprint density at radius 2 is 2.04 bits per heavy atom. The zero-order valence-corrected chi connectivity index (χ0v) is 14.5. The highest BCUT2D eigenvalue weighted by molar-refractivity contribution is 9.10. The first-order chi connectivity index (χ1) is 11.3. The minimum absolute atomic E-state index is 0.153. The minimum Gasteiger partial charge on any atom is -0.358 e. The van der Waals surface area contributed by atoms with Crippen molar-refractivity contribution in [1.29, 1.82) is 0 Å². The summed E-state index contributed by atoms with van der Waals surface area (Å²) in [4.78, 5) is 33.6. The summed E-state index contributed by atoms with van der Waals surface area (Å²) in [6, 6.07) is 4.67. The SMILES string of the molecule is Cc1ccc(NC(=O)NC(=O)Cn2cc(Br)c([N+](=O)[O-])n2)cc1C. The van der Waals surface area contributed by atoms with Crippen LogP contribution in [0.1, 0.15) is 11.1 Å². The number of rotatable bonds is 4. The van der Waals surface area contributed by atoms with Crippen LogP contribution in [0.2, 0.25) is 0 Å². The van der Waals surface area contributed by atoms with Gasteiger partial charge < -0.3 is 15.4 Å². The first-order valence-electron chi connectivity index (χ1n) is 6.81. The molecule has 126 valence electrons. The van der Waals surface area contributed by atoms with Gasteiger partial charge in [-0.25, -0.2) is 4.79 Å². The highest BCUT2D eigenvalue weighted by Crippen LogP contribution is 2.21. The van der Waals surface area contributed by atoms with Crippen LogP contribution in [0.25, 0.3) is 0 Å². The summed E-state index contributed by atoms with van der Waals surface area (Å²) in [5.41, 5.74) is 2.65. The molecule has 9 nitrogen and oxygen atoms in total. The van der Waals surface area contributed by atoms with Crippen molar-refractivity contribution >= 4 is 39.4 Å². The zero-order valence-electron chi connectivity index (χ0n) is 12.9. The third kappa shape index (κ3) is 4.38. The number of benzene rings is 1. The van der Waals surface area contributed by atoms with Crippen molar-refractivity contribution in [2.45, 2.75) is 20.4 Å². The summed E-state index contributed by atoms with van der Waals surface area (Å²) in [6.45, 7) is 3.53. The van der Waals surface area contributed by atoms with E-state index in [1.165, 1.54) is 6.20 Å². The standard InChI is InChI=1S/C14H14BrN5O4/c1-8-3-4-10(5-9(8)2)16-14(22)17-12(21)7-19-6-11(15)13(18-19)20(23)24/h3-6H,7H2,1-2H3,(H2,16,17,21,22). The highest BCUT2D eigenvalue weighted by atomic mass is 79.9. The van der Waals surface area contributed by atoms with Crippen LogP contribution in [0.4, 0.5) is 16.3 Å². The van der Waals surface area contributed by atoms with Gasteiger partial charge in [0.25, 0.3) is 5.91 Å². The third-order valence-electron chi connectivity index (χ3n) is 3.20. The number of hydrogen-bond acceptors (Lipinski definition) is 5. The van der Waals surface area contributed by atoms with Gasteiger partial charge in [-0.05, 0) is 58.0 Å². The maximum absolute atomic E-state index is 11.8. The van der Waals surface area contributed by atoms with Crippen molar-refractivity contribution < 1.29 is 14.5 Å². The molecule has 0 unspecified atom stereocenters. The van der Waals surface area contributed by atoms with Crippen LogP contribution in [0.3, 0.4) is 0 Å². The van der Waals surface area contributed by atoms with E-state index >= 15 is 0 Å². The molecule has 0 fully saturated rings. The number of nitrogens with one attached hydrogen (secondary N) is 2. The number of carbonyl (C=O) groups is 2. The lowest BCUT2D eigenvalue weighted by Gasteiger charge is -2.08. The second-order valence-electron chi connectivity index (χ2n) is 5.06. The summed E-state index contributed by atoms with van der Waals surface area (Å²) in [5, 5.41) is 19.0. The smallest absolute Gasteiger partial charge is 0.358 e. The van der Waals surface area contributed by atoms with Gasteiger partial charge in [0.1, 0.15) is 11.0 Å². The third-order valence-corrected chi connectivity index (χ3v) is 3.75. The lowest BCUT2D eigenvalue weighted by atomic mass is 10.1. The lowest BCUT2D eigenvalue weighted by molar-refractivity contribution is -0.390. The van der Waals surface area contributed by atoms with Crippen molar-refractivity contribution in [2.24, 2.45) is 0 Å². The van der Waals surface area contributed by atoms with Crippen LogP contribution in [-0.2, 0) is 11.3 Å². The molecular formula is C14H14BrN5O4. The maximum Gasteiger partial charge on any atom is 0.404 e. The molecule has 10 heteroatoms. The Kier molecular flexibility index (Phi) is 5.29. The number of nitrogens with zero attached hydrogens (tertiary/aromatic N) is 3. The van der Waals surface area contributed by atoms with E-state index in [-0.39, 0.29) is 11.0 Å². The molecule has 0 bridgehead atoms. The number of aromatic nitrogens is 2. The summed E-state index contributed by atoms with van der Waals surface area (Å²) >= 11 is 2.98. The van der Waals surface area contributed by atoms with E-state index in [4.69, 9.17) is 0 Å². The molecule has 0 radical (unpaired) electrons. The molecule has 0 aliphatic heterocycles. The van der Waals surface area contributed by atoms with Gasteiger partial charge in [-0.15, -0.1) is 0 Å². The van der Waals surface area contributed by atoms with Crippen molar-refractivity contribution in [1.82, 2.24) is 15.1 Å². The largest absolute Gasteiger partial charge is 0.404 e. The van der Waals surface area contributed by atoms with Crippen LogP contribution < -0.4 is 10.6 Å². The lowest BCUT2D eigenvalue weighted by Crippen LogP contribution is -2.36. The van der Waals surface area contributed by atoms with Crippen molar-refractivity contribution in [2.75, 3.05) is 5.32 Å².